The molecule has 0 spiro atoms. The number of pyridine rings is 2. The van der Waals surface area contributed by atoms with Gasteiger partial charge in [-0.1, -0.05) is 0 Å². The van der Waals surface area contributed by atoms with Crippen LogP contribution in [0.25, 0.3) is 5.52 Å². The molecule has 0 unspecified atom stereocenters. The average Bonchev–Trinajstić information content (AvgIpc) is 2.23. The summed E-state index contributed by atoms with van der Waals surface area (Å²) in [5.74, 6) is 0.600. The third-order valence-electron chi connectivity index (χ3n) is 2.09. The van der Waals surface area contributed by atoms with Crippen molar-refractivity contribution >= 4 is 11.2 Å². The minimum atomic E-state index is -0.117. The summed E-state index contributed by atoms with van der Waals surface area (Å²) in [5, 5.41) is 0. The van der Waals surface area contributed by atoms with Gasteiger partial charge in [0.15, 0.2) is 0 Å². The van der Waals surface area contributed by atoms with Gasteiger partial charge < -0.3 is 10.5 Å². The quantitative estimate of drug-likeness (QED) is 0.726. The zero-order valence-corrected chi connectivity index (χ0v) is 7.73. The first-order valence-electron chi connectivity index (χ1n) is 4.18. The summed E-state index contributed by atoms with van der Waals surface area (Å²) in [4.78, 5) is 11.5. The lowest BCUT2D eigenvalue weighted by atomic mass is 10.3. The van der Waals surface area contributed by atoms with Gasteiger partial charge in [-0.3, -0.25) is 9.20 Å². The van der Waals surface area contributed by atoms with Crippen molar-refractivity contribution in [2.45, 2.75) is 0 Å². The highest BCUT2D eigenvalue weighted by Crippen LogP contribution is 2.22. The Morgan fingerprint density at radius 1 is 1.36 bits per heavy atom. The lowest BCUT2D eigenvalue weighted by molar-refractivity contribution is 0.417. The largest absolute Gasteiger partial charge is 0.494 e. The highest BCUT2D eigenvalue weighted by molar-refractivity contribution is 5.76. The van der Waals surface area contributed by atoms with Crippen molar-refractivity contribution in [3.63, 3.8) is 0 Å². The summed E-state index contributed by atoms with van der Waals surface area (Å²) in [6.45, 7) is 0. The zero-order chi connectivity index (χ0) is 10.1. The fourth-order valence-corrected chi connectivity index (χ4v) is 1.44. The van der Waals surface area contributed by atoms with Crippen LogP contribution in [0.3, 0.4) is 0 Å². The molecular weight excluding hydrogens is 180 g/mol. The molecule has 0 aliphatic rings. The standard InChI is InChI=1S/C10H10N2O2/c1-14-8-3-2-6-12-9(13)5-4-7(11)10(8)12/h2-6H,11H2,1H3. The van der Waals surface area contributed by atoms with E-state index in [9.17, 15) is 4.79 Å². The highest BCUT2D eigenvalue weighted by atomic mass is 16.5. The molecule has 2 aromatic heterocycles. The molecule has 0 aliphatic heterocycles. The molecule has 0 atom stereocenters. The molecule has 72 valence electrons. The molecule has 0 fully saturated rings. The van der Waals surface area contributed by atoms with E-state index in [-0.39, 0.29) is 5.56 Å². The van der Waals surface area contributed by atoms with Gasteiger partial charge in [0.2, 0.25) is 0 Å². The third kappa shape index (κ3) is 1.12. The fraction of sp³-hybridized carbons (Fsp3) is 0.100. The minimum Gasteiger partial charge on any atom is -0.494 e. The van der Waals surface area contributed by atoms with E-state index in [1.807, 2.05) is 0 Å². The number of hydrogen-bond acceptors (Lipinski definition) is 3. The molecule has 4 nitrogen and oxygen atoms in total. The highest BCUT2D eigenvalue weighted by Gasteiger charge is 2.05. The van der Waals surface area contributed by atoms with E-state index in [0.717, 1.165) is 0 Å². The van der Waals surface area contributed by atoms with Gasteiger partial charge >= 0.3 is 0 Å². The normalized spacial score (nSPS) is 10.4. The van der Waals surface area contributed by atoms with Crippen LogP contribution < -0.4 is 16.0 Å². The van der Waals surface area contributed by atoms with E-state index in [0.29, 0.717) is 17.0 Å². The number of nitrogen functional groups attached to an aromatic ring is 1. The molecule has 0 saturated heterocycles. The smallest absolute Gasteiger partial charge is 0.255 e. The SMILES string of the molecule is COc1cccn2c(=O)ccc(N)c12. The van der Waals surface area contributed by atoms with Crippen molar-refractivity contribution < 1.29 is 4.74 Å². The van der Waals surface area contributed by atoms with Crippen LogP contribution in [0.4, 0.5) is 5.69 Å². The second-order valence-corrected chi connectivity index (χ2v) is 2.92. The Morgan fingerprint density at radius 3 is 2.86 bits per heavy atom. The molecule has 0 bridgehead atoms. The fourth-order valence-electron chi connectivity index (χ4n) is 1.44. The first-order valence-corrected chi connectivity index (χ1v) is 4.18. The van der Waals surface area contributed by atoms with Gasteiger partial charge in [0, 0.05) is 12.3 Å². The molecule has 2 heterocycles. The van der Waals surface area contributed by atoms with Gasteiger partial charge in [0.05, 0.1) is 12.8 Å². The molecule has 0 aromatic carbocycles. The molecule has 0 saturated carbocycles. The number of fused-ring (bicyclic) bond motifs is 1. The van der Waals surface area contributed by atoms with Crippen molar-refractivity contribution in [2.24, 2.45) is 0 Å². The van der Waals surface area contributed by atoms with Gasteiger partial charge in [-0.15, -0.1) is 0 Å². The maximum absolute atomic E-state index is 11.5. The molecule has 2 N–H and O–H groups in total. The molecular formula is C10H10N2O2. The Bertz CT molecular complexity index is 531. The number of aromatic nitrogens is 1. The summed E-state index contributed by atoms with van der Waals surface area (Å²) in [7, 11) is 1.55. The summed E-state index contributed by atoms with van der Waals surface area (Å²) in [5.41, 5.74) is 6.79. The Kier molecular flexibility index (Phi) is 1.89. The number of nitrogens with two attached hydrogens (primary N) is 1. The number of nitrogens with zero attached hydrogens (tertiary/aromatic N) is 1. The predicted molar refractivity (Wildman–Crippen MR) is 54.6 cm³/mol. The number of hydrogen-bond donors (Lipinski definition) is 1. The van der Waals surface area contributed by atoms with Crippen LogP contribution in [0, 0.1) is 0 Å². The average molecular weight is 190 g/mol. The topological polar surface area (TPSA) is 56.7 Å². The summed E-state index contributed by atoms with van der Waals surface area (Å²) in [6.07, 6.45) is 1.66. The Morgan fingerprint density at radius 2 is 2.14 bits per heavy atom. The molecule has 4 heteroatoms. The Balaban J connectivity index is 2.99. The van der Waals surface area contributed by atoms with Crippen molar-refractivity contribution in [3.8, 4) is 5.75 Å². The first kappa shape index (κ1) is 8.62. The molecule has 0 amide bonds. The predicted octanol–water partition coefficient (Wildman–Crippen LogP) is 0.890. The van der Waals surface area contributed by atoms with Gasteiger partial charge in [0.25, 0.3) is 5.56 Å². The van der Waals surface area contributed by atoms with E-state index in [2.05, 4.69) is 0 Å². The van der Waals surface area contributed by atoms with Crippen molar-refractivity contribution in [1.82, 2.24) is 4.40 Å². The number of ether oxygens (including phenoxy) is 1. The van der Waals surface area contributed by atoms with E-state index in [1.54, 1.807) is 31.5 Å². The maximum Gasteiger partial charge on any atom is 0.255 e. The first-order chi connectivity index (χ1) is 6.74. The van der Waals surface area contributed by atoms with Crippen molar-refractivity contribution in [3.05, 3.63) is 40.8 Å². The summed E-state index contributed by atoms with van der Waals surface area (Å²) < 4.78 is 6.59. The lowest BCUT2D eigenvalue weighted by Crippen LogP contribution is -2.13. The third-order valence-corrected chi connectivity index (χ3v) is 2.09. The van der Waals surface area contributed by atoms with Gasteiger partial charge in [-0.2, -0.15) is 0 Å². The van der Waals surface area contributed by atoms with Crippen LogP contribution in [0.5, 0.6) is 5.75 Å². The minimum absolute atomic E-state index is 0.117. The lowest BCUT2D eigenvalue weighted by Gasteiger charge is -2.07. The molecule has 14 heavy (non-hydrogen) atoms. The van der Waals surface area contributed by atoms with Gasteiger partial charge in [-0.05, 0) is 18.2 Å². The maximum atomic E-state index is 11.5. The van der Waals surface area contributed by atoms with Crippen molar-refractivity contribution in [1.29, 1.82) is 0 Å². The van der Waals surface area contributed by atoms with E-state index >= 15 is 0 Å². The van der Waals surface area contributed by atoms with E-state index < -0.39 is 0 Å². The summed E-state index contributed by atoms with van der Waals surface area (Å²) >= 11 is 0. The monoisotopic (exact) mass is 190 g/mol. The van der Waals surface area contributed by atoms with Gasteiger partial charge in [0.1, 0.15) is 11.3 Å². The van der Waals surface area contributed by atoms with Crippen molar-refractivity contribution in [2.75, 3.05) is 12.8 Å². The number of anilines is 1. The zero-order valence-electron chi connectivity index (χ0n) is 7.73. The number of methoxy groups -OCH3 is 1. The Labute approximate surface area is 80.5 Å². The van der Waals surface area contributed by atoms with E-state index in [4.69, 9.17) is 10.5 Å². The number of rotatable bonds is 1. The molecule has 2 rings (SSSR count). The van der Waals surface area contributed by atoms with Crippen LogP contribution in [-0.4, -0.2) is 11.5 Å². The van der Waals surface area contributed by atoms with Gasteiger partial charge in [-0.25, -0.2) is 0 Å². The second kappa shape index (κ2) is 3.06. The van der Waals surface area contributed by atoms with E-state index in [1.165, 1.54) is 10.5 Å². The summed E-state index contributed by atoms with van der Waals surface area (Å²) in [6, 6.07) is 6.53. The van der Waals surface area contributed by atoms with Crippen LogP contribution in [0.1, 0.15) is 0 Å². The Hall–Kier alpha value is -1.97. The van der Waals surface area contributed by atoms with Crippen LogP contribution in [-0.2, 0) is 0 Å². The molecule has 2 aromatic rings. The second-order valence-electron chi connectivity index (χ2n) is 2.92. The van der Waals surface area contributed by atoms with Crippen LogP contribution in [0.15, 0.2) is 35.3 Å². The van der Waals surface area contributed by atoms with Crippen LogP contribution in [0.2, 0.25) is 0 Å². The molecule has 0 aliphatic carbocycles. The van der Waals surface area contributed by atoms with Crippen LogP contribution >= 0.6 is 0 Å². The molecule has 0 radical (unpaired) electrons.